The van der Waals surface area contributed by atoms with Crippen molar-refractivity contribution in [1.29, 1.82) is 0 Å². The van der Waals surface area contributed by atoms with Gasteiger partial charge < -0.3 is 9.42 Å². The number of aromatic nitrogens is 1. The minimum atomic E-state index is -5.25. The number of benzene rings is 3. The van der Waals surface area contributed by atoms with Crippen LogP contribution >= 0.6 is 0 Å². The van der Waals surface area contributed by atoms with Crippen LogP contribution in [0.1, 0.15) is 37.4 Å². The average Bonchev–Trinajstić information content (AvgIpc) is 3.34. The summed E-state index contributed by atoms with van der Waals surface area (Å²) in [6, 6.07) is 22.9. The molecule has 40 heavy (non-hydrogen) atoms. The fraction of sp³-hybridized carbons (Fsp3) is 0.333. The van der Waals surface area contributed by atoms with Crippen molar-refractivity contribution in [2.45, 2.75) is 39.0 Å². The van der Waals surface area contributed by atoms with Gasteiger partial charge in [-0.15, -0.1) is 0 Å². The van der Waals surface area contributed by atoms with Crippen LogP contribution in [-0.2, 0) is 21.4 Å². The van der Waals surface area contributed by atoms with Gasteiger partial charge in [-0.05, 0) is 68.8 Å². The molecule has 10 heteroatoms. The average molecular weight is 610 g/mol. The van der Waals surface area contributed by atoms with Gasteiger partial charge in [0.05, 0.1) is 5.69 Å². The first-order chi connectivity index (χ1) is 19.2. The van der Waals surface area contributed by atoms with E-state index < -0.39 is 30.2 Å². The molecule has 5 rings (SSSR count). The molecule has 0 spiro atoms. The SMILES string of the molecule is CC(=O)Nc1cccc(O)c1[As](=O)(O)O.c1ccc(CCN2CCC(CCc3noc4ccccc34)CC2)cc1. The van der Waals surface area contributed by atoms with Crippen molar-refractivity contribution >= 4 is 41.1 Å². The first-order valence-electron chi connectivity index (χ1n) is 13.5. The van der Waals surface area contributed by atoms with Crippen LogP contribution in [0.4, 0.5) is 5.69 Å². The van der Waals surface area contributed by atoms with Gasteiger partial charge in [-0.2, -0.15) is 0 Å². The summed E-state index contributed by atoms with van der Waals surface area (Å²) in [4.78, 5) is 13.4. The summed E-state index contributed by atoms with van der Waals surface area (Å²) in [5.41, 5.74) is 3.42. The molecule has 2 heterocycles. The molecule has 1 aliphatic heterocycles. The molecule has 1 saturated heterocycles. The fourth-order valence-electron chi connectivity index (χ4n) is 5.02. The number of carbonyl (C=O) groups is 1. The molecule has 4 aromatic rings. The van der Waals surface area contributed by atoms with E-state index in [1.165, 1.54) is 68.9 Å². The van der Waals surface area contributed by atoms with E-state index in [0.717, 1.165) is 36.1 Å². The first kappa shape index (κ1) is 29.6. The first-order valence-corrected chi connectivity index (χ1v) is 16.8. The molecule has 0 atom stereocenters. The Morgan fingerprint density at radius 3 is 2.40 bits per heavy atom. The molecule has 1 aliphatic rings. The number of fused-ring (bicyclic) bond motifs is 1. The van der Waals surface area contributed by atoms with E-state index in [4.69, 9.17) is 12.7 Å². The number of para-hydroxylation sites is 1. The van der Waals surface area contributed by atoms with Crippen molar-refractivity contribution < 1.29 is 26.4 Å². The van der Waals surface area contributed by atoms with Crippen molar-refractivity contribution in [1.82, 2.24) is 10.1 Å². The van der Waals surface area contributed by atoms with Gasteiger partial charge in [-0.25, -0.2) is 0 Å². The Bertz CT molecular complexity index is 1440. The van der Waals surface area contributed by atoms with Crippen molar-refractivity contribution in [3.63, 3.8) is 0 Å². The molecule has 212 valence electrons. The molecule has 1 amide bonds. The molecule has 1 fully saturated rings. The fourth-order valence-corrected chi connectivity index (χ4v) is 6.73. The number of carbonyl (C=O) groups excluding carboxylic acids is 1. The van der Waals surface area contributed by atoms with Crippen molar-refractivity contribution in [2.75, 3.05) is 25.0 Å². The van der Waals surface area contributed by atoms with E-state index in [9.17, 15) is 13.6 Å². The molecule has 1 aromatic heterocycles. The Balaban J connectivity index is 0.000000212. The number of phenols is 1. The van der Waals surface area contributed by atoms with Crippen LogP contribution in [0.5, 0.6) is 5.75 Å². The Morgan fingerprint density at radius 1 is 1.00 bits per heavy atom. The van der Waals surface area contributed by atoms with Gasteiger partial charge in [0.25, 0.3) is 0 Å². The van der Waals surface area contributed by atoms with E-state index in [1.54, 1.807) is 0 Å². The van der Waals surface area contributed by atoms with Gasteiger partial charge in [0.2, 0.25) is 0 Å². The number of aryl methyl sites for hydroxylation is 1. The number of nitrogens with one attached hydrogen (secondary N) is 1. The van der Waals surface area contributed by atoms with E-state index in [0.29, 0.717) is 0 Å². The van der Waals surface area contributed by atoms with Crippen LogP contribution in [0.2, 0.25) is 0 Å². The summed E-state index contributed by atoms with van der Waals surface area (Å²) < 4.78 is 34.1. The van der Waals surface area contributed by atoms with Crippen molar-refractivity contribution in [2.24, 2.45) is 5.92 Å². The summed E-state index contributed by atoms with van der Waals surface area (Å²) in [7, 11) is 0. The molecule has 0 radical (unpaired) electrons. The third kappa shape index (κ3) is 8.32. The molecule has 0 unspecified atom stereocenters. The Hall–Kier alpha value is -3.36. The molecule has 9 nitrogen and oxygen atoms in total. The second-order valence-corrected chi connectivity index (χ2v) is 13.3. The maximum atomic E-state index is 11.1. The number of nitrogens with zero attached hydrogens (tertiary/aromatic N) is 2. The predicted molar refractivity (Wildman–Crippen MR) is 155 cm³/mol. The third-order valence-electron chi connectivity index (χ3n) is 7.12. The second kappa shape index (κ2) is 13.8. The van der Waals surface area contributed by atoms with Gasteiger partial charge >= 0.3 is 88.1 Å². The minimum absolute atomic E-state index is 0.0602. The summed E-state index contributed by atoms with van der Waals surface area (Å²) in [5, 5.41) is 17.0. The van der Waals surface area contributed by atoms with Crippen LogP contribution in [0, 0.1) is 5.92 Å². The number of phenolic OH excluding ortho intramolecular Hbond substituents is 1. The Kier molecular flexibility index (Phi) is 10.2. The molecular weight excluding hydrogens is 573 g/mol. The summed E-state index contributed by atoms with van der Waals surface area (Å²) in [5.74, 6) is -0.164. The van der Waals surface area contributed by atoms with Crippen LogP contribution in [0.3, 0.4) is 0 Å². The van der Waals surface area contributed by atoms with Crippen LogP contribution in [0.15, 0.2) is 77.3 Å². The van der Waals surface area contributed by atoms with Gasteiger partial charge in [0.1, 0.15) is 0 Å². The van der Waals surface area contributed by atoms with E-state index in [1.807, 2.05) is 12.1 Å². The number of hydrogen-bond donors (Lipinski definition) is 4. The standard InChI is InChI=1S/C22H26N2O.C8H10AsNO5/c1-2-6-18(7-3-1)12-15-24-16-13-19(14-17-24)10-11-21-20-8-4-5-9-22(20)25-23-21;1-5(11)10-6-3-2-4-7(12)8(6)9(13,14)15/h1-9,19H,10-17H2;2-4,12H,1H3,(H,10,11)(H2,13,14,15). The third-order valence-corrected chi connectivity index (χ3v) is 9.33. The van der Waals surface area contributed by atoms with Gasteiger partial charge in [-0.1, -0.05) is 47.6 Å². The van der Waals surface area contributed by atoms with Gasteiger partial charge in [0.15, 0.2) is 5.58 Å². The largest absolute Gasteiger partial charge is 0.356 e. The Labute approximate surface area is 236 Å². The van der Waals surface area contributed by atoms with Gasteiger partial charge in [-0.3, -0.25) is 0 Å². The smallest absolute Gasteiger partial charge is 0.167 e. The molecule has 4 N–H and O–H groups in total. The number of rotatable bonds is 8. The number of amides is 1. The summed E-state index contributed by atoms with van der Waals surface area (Å²) in [6.45, 7) is 4.86. The maximum absolute atomic E-state index is 11.1. The molecular formula is C30H36AsN3O6. The number of anilines is 1. The number of piperidine rings is 1. The molecule has 0 saturated carbocycles. The monoisotopic (exact) mass is 609 g/mol. The zero-order valence-corrected chi connectivity index (χ0v) is 24.4. The van der Waals surface area contributed by atoms with Crippen molar-refractivity contribution in [3.05, 3.63) is 84.1 Å². The molecule has 0 bridgehead atoms. The van der Waals surface area contributed by atoms with E-state index in [2.05, 4.69) is 57.8 Å². The van der Waals surface area contributed by atoms with E-state index in [-0.39, 0.29) is 5.69 Å². The van der Waals surface area contributed by atoms with E-state index >= 15 is 0 Å². The maximum Gasteiger partial charge on any atom is 0.167 e. The zero-order chi connectivity index (χ0) is 28.5. The van der Waals surface area contributed by atoms with Crippen LogP contribution in [-0.4, -0.2) is 63.1 Å². The van der Waals surface area contributed by atoms with Crippen molar-refractivity contribution in [3.8, 4) is 5.75 Å². The quantitative estimate of drug-likeness (QED) is 0.223. The summed E-state index contributed by atoms with van der Waals surface area (Å²) >= 11 is -5.25. The summed E-state index contributed by atoms with van der Waals surface area (Å²) in [6.07, 6.45) is 6.04. The molecule has 3 aromatic carbocycles. The molecule has 0 aliphatic carbocycles. The number of aromatic hydroxyl groups is 1. The second-order valence-electron chi connectivity index (χ2n) is 10.1. The normalized spacial score (nSPS) is 14.5. The Morgan fingerprint density at radius 2 is 1.70 bits per heavy atom. The number of hydrogen-bond acceptors (Lipinski definition) is 6. The predicted octanol–water partition coefficient (Wildman–Crippen LogP) is 3.63. The number of likely N-dealkylation sites (tertiary alicyclic amines) is 1. The minimum Gasteiger partial charge on any atom is -0.356 e. The van der Waals surface area contributed by atoms with Gasteiger partial charge in [0, 0.05) is 11.9 Å². The topological polar surface area (TPSA) is 136 Å². The van der Waals surface area contributed by atoms with Crippen LogP contribution in [0.25, 0.3) is 11.0 Å². The zero-order valence-electron chi connectivity index (χ0n) is 22.6. The van der Waals surface area contributed by atoms with Crippen LogP contribution < -0.4 is 9.67 Å².